The van der Waals surface area contributed by atoms with Gasteiger partial charge in [-0.1, -0.05) is 13.8 Å². The van der Waals surface area contributed by atoms with Crippen molar-refractivity contribution in [1.29, 1.82) is 0 Å². The second kappa shape index (κ2) is 38.5. The van der Waals surface area contributed by atoms with Crippen LogP contribution < -0.4 is 0 Å². The van der Waals surface area contributed by atoms with Gasteiger partial charge in [-0.3, -0.25) is 0 Å². The lowest BCUT2D eigenvalue weighted by atomic mass is 9.81. The first kappa shape index (κ1) is 74.4. The molecule has 15 unspecified atom stereocenters. The summed E-state index contributed by atoms with van der Waals surface area (Å²) in [5, 5.41) is 151. The lowest BCUT2D eigenvalue weighted by Crippen LogP contribution is -2.68. The van der Waals surface area contributed by atoms with Gasteiger partial charge in [0.1, 0.15) is 104 Å². The highest BCUT2D eigenvalue weighted by atomic mass is 16.8. The molecule has 0 aromatic carbocycles. The topological polar surface area (TPSA) is 449 Å². The fourth-order valence-corrected chi connectivity index (χ4v) is 10.8. The van der Waals surface area contributed by atoms with E-state index < -0.39 is 218 Å². The van der Waals surface area contributed by atoms with E-state index in [0.29, 0.717) is 0 Å². The number of aliphatic hydroxyl groups excluding tert-OH is 14. The highest BCUT2D eigenvalue weighted by molar-refractivity contribution is 5.00. The summed E-state index contributed by atoms with van der Waals surface area (Å²) < 4.78 is 109. The molecule has 32 heteroatoms. The quantitative estimate of drug-likeness (QED) is 0.0254. The van der Waals surface area contributed by atoms with E-state index in [1.807, 2.05) is 13.8 Å². The zero-order valence-electron chi connectivity index (χ0n) is 49.2. The molecule has 5 fully saturated rings. The summed E-state index contributed by atoms with van der Waals surface area (Å²) >= 11 is 0. The van der Waals surface area contributed by atoms with Gasteiger partial charge in [0.15, 0.2) is 31.5 Å². The largest absolute Gasteiger partial charge is 0.394 e. The van der Waals surface area contributed by atoms with Gasteiger partial charge in [-0.25, -0.2) is 0 Å². The Morgan fingerprint density at radius 2 is 0.635 bits per heavy atom. The van der Waals surface area contributed by atoms with Crippen molar-refractivity contribution in [3.63, 3.8) is 0 Å². The SMILES string of the molecule is CC(C)O[C@@H]1OC(COCCO)[C@H](OCC2O[C@@H](O[C@H]3C(COCCO)O[C@@H](OC(C)C)C(OCCO)C3O)C(O)C(O)[C@H]2O[C@@H]2OC(CO)[C@H](O[C@@H]3OC(COCCO)[C@@H](C(C)C)C(O)C3OCCO)C(O)C2OCCO)C(O)C1OCCO. The Bertz CT molecular complexity index is 1740. The Kier molecular flexibility index (Phi) is 33.8. The normalized spacial score (nSPS) is 39.4. The van der Waals surface area contributed by atoms with Crippen molar-refractivity contribution in [3.8, 4) is 0 Å². The zero-order chi connectivity index (χ0) is 62.3. The molecule has 5 rings (SSSR count). The molecule has 5 aliphatic rings. The van der Waals surface area contributed by atoms with E-state index in [1.165, 1.54) is 0 Å². The monoisotopic (exact) mass is 1250 g/mol. The van der Waals surface area contributed by atoms with Crippen LogP contribution in [0.2, 0.25) is 0 Å². The van der Waals surface area contributed by atoms with Gasteiger partial charge in [0.25, 0.3) is 0 Å². The Hall–Kier alpha value is -1.28. The molecular weight excluding hydrogens is 1150 g/mol. The zero-order valence-corrected chi connectivity index (χ0v) is 49.2. The molecule has 5 saturated heterocycles. The number of ether oxygens (including phenoxy) is 18. The van der Waals surface area contributed by atoms with Crippen LogP contribution in [-0.4, -0.2) is 357 Å². The minimum absolute atomic E-state index is 0.0629. The highest BCUT2D eigenvalue weighted by Crippen LogP contribution is 2.39. The third kappa shape index (κ3) is 20.9. The molecule has 25 atom stereocenters. The molecular formula is C53H98O32. The number of rotatable bonds is 39. The van der Waals surface area contributed by atoms with Crippen molar-refractivity contribution in [2.75, 3.05) is 126 Å². The predicted molar refractivity (Wildman–Crippen MR) is 283 cm³/mol. The molecule has 502 valence electrons. The molecule has 0 spiro atoms. The van der Waals surface area contributed by atoms with Gasteiger partial charge in [-0.05, 0) is 33.6 Å². The first-order valence-corrected chi connectivity index (χ1v) is 29.2. The van der Waals surface area contributed by atoms with E-state index in [0.717, 1.165) is 0 Å². The standard InChI is InChI=1S/C53H98O32/c1-26(2)34-30(22-68-14-7-54)79-52(45(35(34)62)71-17-10-57)84-42-29(21-61)78-53(48(39(42)66)74-20-13-60)85-43-33(25-75-41-31(23-69-15-8-55)81-50(76-27(3)4)46(38(41)65)72-18-11-58)80-49(37(64)36(43)63)83-44-32(24-70-16-9-56)82-51(77-28(5)6)47(40(44)67)73-19-12-59/h26-67H,7-25H2,1-6H3/t29?,30?,31?,32?,33?,34-,35?,36?,37?,38?,39?,40?,41+,42+,43+,44+,45?,46?,47?,48?,49+,50-,51-,52+,53+/m1/s1. The Labute approximate surface area is 494 Å². The first-order chi connectivity index (χ1) is 40.8. The molecule has 14 N–H and O–H groups in total. The van der Waals surface area contributed by atoms with Crippen LogP contribution in [0.15, 0.2) is 0 Å². The predicted octanol–water partition coefficient (Wildman–Crippen LogP) is -7.03. The van der Waals surface area contributed by atoms with Crippen LogP contribution in [0.5, 0.6) is 0 Å². The van der Waals surface area contributed by atoms with Gasteiger partial charge in [0, 0.05) is 5.92 Å². The average molecular weight is 1250 g/mol. The van der Waals surface area contributed by atoms with Gasteiger partial charge < -0.3 is 157 Å². The second-order valence-corrected chi connectivity index (χ2v) is 21.8. The Balaban J connectivity index is 1.54. The van der Waals surface area contributed by atoms with Crippen LogP contribution >= 0.6 is 0 Å². The number of hydrogen-bond donors (Lipinski definition) is 14. The molecule has 5 aliphatic heterocycles. The van der Waals surface area contributed by atoms with Gasteiger partial charge >= 0.3 is 0 Å². The molecule has 0 aromatic rings. The summed E-state index contributed by atoms with van der Waals surface area (Å²) in [5.41, 5.74) is 0. The molecule has 0 bridgehead atoms. The minimum Gasteiger partial charge on any atom is -0.394 e. The van der Waals surface area contributed by atoms with Crippen molar-refractivity contribution in [2.45, 2.75) is 201 Å². The lowest BCUT2D eigenvalue weighted by Gasteiger charge is -2.51. The molecule has 0 radical (unpaired) electrons. The number of aliphatic hydroxyl groups is 14. The van der Waals surface area contributed by atoms with Crippen LogP contribution in [0.3, 0.4) is 0 Å². The van der Waals surface area contributed by atoms with Crippen molar-refractivity contribution >= 4 is 0 Å². The molecule has 0 saturated carbocycles. The van der Waals surface area contributed by atoms with Crippen LogP contribution in [0.25, 0.3) is 0 Å². The lowest BCUT2D eigenvalue weighted by molar-refractivity contribution is -0.395. The highest BCUT2D eigenvalue weighted by Gasteiger charge is 2.58. The van der Waals surface area contributed by atoms with E-state index in [2.05, 4.69) is 0 Å². The second-order valence-electron chi connectivity index (χ2n) is 21.8. The fourth-order valence-electron chi connectivity index (χ4n) is 10.8. The maximum atomic E-state index is 12.3. The molecule has 0 amide bonds. The van der Waals surface area contributed by atoms with Gasteiger partial charge in [0.2, 0.25) is 0 Å². The van der Waals surface area contributed by atoms with Crippen molar-refractivity contribution in [3.05, 3.63) is 0 Å². The molecule has 0 aromatic heterocycles. The maximum absolute atomic E-state index is 12.3. The van der Waals surface area contributed by atoms with E-state index in [9.17, 15) is 71.5 Å². The Morgan fingerprint density at radius 1 is 0.306 bits per heavy atom. The first-order valence-electron chi connectivity index (χ1n) is 29.2. The van der Waals surface area contributed by atoms with Crippen LogP contribution in [0, 0.1) is 11.8 Å². The van der Waals surface area contributed by atoms with E-state index in [4.69, 9.17) is 85.3 Å². The third-order valence-electron chi connectivity index (χ3n) is 14.5. The average Bonchev–Trinajstić information content (AvgIpc) is 1.77. The third-order valence-corrected chi connectivity index (χ3v) is 14.5. The van der Waals surface area contributed by atoms with Crippen molar-refractivity contribution in [1.82, 2.24) is 0 Å². The molecule has 32 nitrogen and oxygen atoms in total. The van der Waals surface area contributed by atoms with Crippen molar-refractivity contribution < 1.29 is 157 Å². The summed E-state index contributed by atoms with van der Waals surface area (Å²) in [7, 11) is 0. The van der Waals surface area contributed by atoms with Crippen LogP contribution in [-0.2, 0) is 85.3 Å². The Morgan fingerprint density at radius 3 is 1.06 bits per heavy atom. The van der Waals surface area contributed by atoms with Gasteiger partial charge in [-0.15, -0.1) is 0 Å². The summed E-state index contributed by atoms with van der Waals surface area (Å²) in [6.45, 7) is 3.29. The van der Waals surface area contributed by atoms with E-state index >= 15 is 0 Å². The molecule has 85 heavy (non-hydrogen) atoms. The van der Waals surface area contributed by atoms with E-state index in [-0.39, 0.29) is 78.6 Å². The van der Waals surface area contributed by atoms with Gasteiger partial charge in [0.05, 0.1) is 150 Å². The fraction of sp³-hybridized carbons (Fsp3) is 1.00. The van der Waals surface area contributed by atoms with Gasteiger partial charge in [-0.2, -0.15) is 0 Å². The summed E-state index contributed by atoms with van der Waals surface area (Å²) in [6.07, 6.45) is -38.2. The maximum Gasteiger partial charge on any atom is 0.187 e. The van der Waals surface area contributed by atoms with E-state index in [1.54, 1.807) is 27.7 Å². The van der Waals surface area contributed by atoms with Crippen LogP contribution in [0.1, 0.15) is 41.5 Å². The van der Waals surface area contributed by atoms with Crippen molar-refractivity contribution in [2.24, 2.45) is 11.8 Å². The smallest absolute Gasteiger partial charge is 0.187 e. The number of hydrogen-bond acceptors (Lipinski definition) is 32. The molecule has 0 aliphatic carbocycles. The summed E-state index contributed by atoms with van der Waals surface area (Å²) in [4.78, 5) is 0. The summed E-state index contributed by atoms with van der Waals surface area (Å²) in [5.74, 6) is -0.862. The minimum atomic E-state index is -2.12. The van der Waals surface area contributed by atoms with Crippen LogP contribution in [0.4, 0.5) is 0 Å². The summed E-state index contributed by atoms with van der Waals surface area (Å²) in [6, 6.07) is 0. The molecule has 5 heterocycles.